The van der Waals surface area contributed by atoms with Gasteiger partial charge < -0.3 is 10.8 Å². The Morgan fingerprint density at radius 2 is 2.60 bits per heavy atom. The first kappa shape index (κ1) is 6.69. The molecule has 54 valence electrons. The van der Waals surface area contributed by atoms with Crippen molar-refractivity contribution in [3.8, 4) is 0 Å². The summed E-state index contributed by atoms with van der Waals surface area (Å²) in [6.07, 6.45) is 1.17. The van der Waals surface area contributed by atoms with Gasteiger partial charge in [-0.15, -0.1) is 0 Å². The van der Waals surface area contributed by atoms with Crippen LogP contribution in [0.25, 0.3) is 0 Å². The lowest BCUT2D eigenvalue weighted by atomic mass is 10.2. The zero-order valence-electron chi connectivity index (χ0n) is 4.89. The van der Waals surface area contributed by atoms with Gasteiger partial charge in [-0.3, -0.25) is 4.79 Å². The van der Waals surface area contributed by atoms with Crippen molar-refractivity contribution in [1.29, 1.82) is 0 Å². The number of hydrogen-bond donors (Lipinski definition) is 2. The summed E-state index contributed by atoms with van der Waals surface area (Å²) < 4.78 is 4.14. The van der Waals surface area contributed by atoms with Crippen LogP contribution < -0.4 is 5.73 Å². The molecule has 3 N–H and O–H groups in total. The number of rotatable bonds is 2. The first-order valence-corrected chi connectivity index (χ1v) is 2.47. The Balaban J connectivity index is 2.77. The van der Waals surface area contributed by atoms with Crippen molar-refractivity contribution >= 4 is 5.97 Å². The summed E-state index contributed by atoms with van der Waals surface area (Å²) in [7, 11) is 0. The molecule has 0 spiro atoms. The second-order valence-electron chi connectivity index (χ2n) is 1.65. The van der Waals surface area contributed by atoms with Gasteiger partial charge in [0.2, 0.25) is 0 Å². The van der Waals surface area contributed by atoms with E-state index in [1.807, 2.05) is 0 Å². The number of aliphatic carboxylic acids is 1. The zero-order chi connectivity index (χ0) is 7.56. The van der Waals surface area contributed by atoms with Gasteiger partial charge in [0.05, 0.1) is 6.20 Å². The smallest absolute Gasteiger partial charge is 0.326 e. The van der Waals surface area contributed by atoms with Crippen LogP contribution in [-0.4, -0.2) is 21.4 Å². The van der Waals surface area contributed by atoms with Gasteiger partial charge in [-0.05, 0) is 0 Å². The summed E-state index contributed by atoms with van der Waals surface area (Å²) in [5, 5.41) is 14.8. The minimum atomic E-state index is -1.16. The van der Waals surface area contributed by atoms with Gasteiger partial charge in [-0.2, -0.15) is 0 Å². The minimum absolute atomic E-state index is 0.118. The fourth-order valence-corrected chi connectivity index (χ4v) is 0.435. The lowest BCUT2D eigenvalue weighted by Crippen LogP contribution is -2.20. The molecule has 0 amide bonds. The largest absolute Gasteiger partial charge is 0.480 e. The molecule has 0 radical (unpaired) electrons. The zero-order valence-corrected chi connectivity index (χ0v) is 4.89. The molecule has 0 fully saturated rings. The molecule has 6 nitrogen and oxygen atoms in total. The highest BCUT2D eigenvalue weighted by Gasteiger charge is 2.17. The van der Waals surface area contributed by atoms with Crippen LogP contribution in [0.1, 0.15) is 11.7 Å². The van der Waals surface area contributed by atoms with Crippen molar-refractivity contribution in [2.45, 2.75) is 6.04 Å². The van der Waals surface area contributed by atoms with Gasteiger partial charge in [0.15, 0.2) is 6.04 Å². The Kier molecular flexibility index (Phi) is 1.63. The highest BCUT2D eigenvalue weighted by molar-refractivity contribution is 5.74. The third-order valence-corrected chi connectivity index (χ3v) is 0.963. The van der Waals surface area contributed by atoms with Crippen LogP contribution >= 0.6 is 0 Å². The van der Waals surface area contributed by atoms with E-state index in [9.17, 15) is 4.79 Å². The lowest BCUT2D eigenvalue weighted by molar-refractivity contribution is -0.138. The number of nitrogens with zero attached hydrogens (tertiary/aromatic N) is 2. The van der Waals surface area contributed by atoms with Gasteiger partial charge >= 0.3 is 5.97 Å². The van der Waals surface area contributed by atoms with Crippen molar-refractivity contribution in [2.24, 2.45) is 5.73 Å². The minimum Gasteiger partial charge on any atom is -0.480 e. The van der Waals surface area contributed by atoms with Crippen molar-refractivity contribution in [2.75, 3.05) is 0 Å². The van der Waals surface area contributed by atoms with E-state index in [-0.39, 0.29) is 5.69 Å². The molecule has 1 aromatic rings. The van der Waals surface area contributed by atoms with E-state index in [0.29, 0.717) is 0 Å². The molecule has 0 saturated heterocycles. The predicted molar refractivity (Wildman–Crippen MR) is 28.9 cm³/mol. The van der Waals surface area contributed by atoms with Gasteiger partial charge in [0.1, 0.15) is 5.69 Å². The van der Waals surface area contributed by atoms with Gasteiger partial charge in [-0.25, -0.2) is 4.63 Å². The second kappa shape index (κ2) is 2.44. The molecule has 10 heavy (non-hydrogen) atoms. The lowest BCUT2D eigenvalue weighted by Gasteiger charge is -1.96. The van der Waals surface area contributed by atoms with Crippen LogP contribution in [0.2, 0.25) is 0 Å². The van der Waals surface area contributed by atoms with Crippen LogP contribution in [0.15, 0.2) is 10.8 Å². The Bertz CT molecular complexity index is 220. The maximum atomic E-state index is 10.2. The standard InChI is InChI=1S/C4H5N3O3/c5-3(4(8)9)2-1-6-10-7-2/h1,3H,5H2,(H,8,9). The predicted octanol–water partition coefficient (Wildman–Crippen LogP) is -0.846. The van der Waals surface area contributed by atoms with E-state index < -0.39 is 12.0 Å². The number of hydrogen-bond acceptors (Lipinski definition) is 5. The summed E-state index contributed by atoms with van der Waals surface area (Å²) in [4.78, 5) is 10.2. The molecule has 1 heterocycles. The second-order valence-corrected chi connectivity index (χ2v) is 1.65. The summed E-state index contributed by atoms with van der Waals surface area (Å²) in [5.41, 5.74) is 5.24. The molecule has 1 unspecified atom stereocenters. The first-order valence-electron chi connectivity index (χ1n) is 2.47. The summed E-state index contributed by atoms with van der Waals surface area (Å²) in [6, 6.07) is -1.15. The van der Waals surface area contributed by atoms with Crippen molar-refractivity contribution in [3.05, 3.63) is 11.9 Å². The van der Waals surface area contributed by atoms with E-state index in [0.717, 1.165) is 0 Å². The molecular weight excluding hydrogens is 138 g/mol. The maximum absolute atomic E-state index is 10.2. The Labute approximate surface area is 55.6 Å². The molecule has 1 atom stereocenters. The molecular formula is C4H5N3O3. The number of carboxylic acid groups (broad SMARTS) is 1. The number of carbonyl (C=O) groups is 1. The van der Waals surface area contributed by atoms with Gasteiger partial charge in [-0.1, -0.05) is 10.3 Å². The molecule has 0 bridgehead atoms. The van der Waals surface area contributed by atoms with E-state index in [1.54, 1.807) is 0 Å². The highest BCUT2D eigenvalue weighted by Crippen LogP contribution is 2.03. The fourth-order valence-electron chi connectivity index (χ4n) is 0.435. The first-order chi connectivity index (χ1) is 4.72. The Morgan fingerprint density at radius 3 is 3.00 bits per heavy atom. The Hall–Kier alpha value is -1.43. The molecule has 0 aliphatic rings. The number of aromatic nitrogens is 2. The molecule has 6 heteroatoms. The molecule has 0 aromatic carbocycles. The van der Waals surface area contributed by atoms with Crippen molar-refractivity contribution in [3.63, 3.8) is 0 Å². The van der Waals surface area contributed by atoms with E-state index >= 15 is 0 Å². The maximum Gasteiger partial charge on any atom is 0.326 e. The van der Waals surface area contributed by atoms with Crippen LogP contribution in [0.3, 0.4) is 0 Å². The number of carboxylic acids is 1. The topological polar surface area (TPSA) is 102 Å². The SMILES string of the molecule is NC(C(=O)O)c1cnon1. The van der Waals surface area contributed by atoms with Gasteiger partial charge in [0.25, 0.3) is 0 Å². The van der Waals surface area contributed by atoms with Crippen molar-refractivity contribution < 1.29 is 14.5 Å². The van der Waals surface area contributed by atoms with E-state index in [1.165, 1.54) is 6.20 Å². The molecule has 0 aliphatic heterocycles. The third kappa shape index (κ3) is 1.11. The Morgan fingerprint density at radius 1 is 1.90 bits per heavy atom. The van der Waals surface area contributed by atoms with Crippen molar-refractivity contribution in [1.82, 2.24) is 10.3 Å². The summed E-state index contributed by atoms with van der Waals surface area (Å²) in [6.45, 7) is 0. The normalized spacial score (nSPS) is 12.9. The summed E-state index contributed by atoms with van der Waals surface area (Å²) >= 11 is 0. The molecule has 0 saturated carbocycles. The average Bonchev–Trinajstić information content (AvgIpc) is 2.36. The average molecular weight is 143 g/mol. The van der Waals surface area contributed by atoms with Crippen LogP contribution in [0, 0.1) is 0 Å². The highest BCUT2D eigenvalue weighted by atomic mass is 16.6. The quantitative estimate of drug-likeness (QED) is 0.559. The van der Waals surface area contributed by atoms with Crippen LogP contribution in [0.4, 0.5) is 0 Å². The van der Waals surface area contributed by atoms with Crippen LogP contribution in [0.5, 0.6) is 0 Å². The van der Waals surface area contributed by atoms with Crippen LogP contribution in [-0.2, 0) is 4.79 Å². The van der Waals surface area contributed by atoms with E-state index in [2.05, 4.69) is 14.9 Å². The molecule has 1 rings (SSSR count). The monoisotopic (exact) mass is 143 g/mol. The summed E-state index contributed by atoms with van der Waals surface area (Å²) in [5.74, 6) is -1.16. The fraction of sp³-hybridized carbons (Fsp3) is 0.250. The van der Waals surface area contributed by atoms with E-state index in [4.69, 9.17) is 10.8 Å². The molecule has 0 aliphatic carbocycles. The molecule has 1 aromatic heterocycles. The number of nitrogens with two attached hydrogens (primary N) is 1. The third-order valence-electron chi connectivity index (χ3n) is 0.963. The van der Waals surface area contributed by atoms with Gasteiger partial charge in [0, 0.05) is 0 Å².